The number of aromatic nitrogens is 1. The summed E-state index contributed by atoms with van der Waals surface area (Å²) < 4.78 is 5.60. The predicted octanol–water partition coefficient (Wildman–Crippen LogP) is 9.54. The monoisotopic (exact) mass is 559 g/mol. The van der Waals surface area contributed by atoms with Crippen LogP contribution in [0.4, 0.5) is 0 Å². The van der Waals surface area contributed by atoms with Gasteiger partial charge in [0, 0.05) is 0 Å². The van der Waals surface area contributed by atoms with Crippen LogP contribution < -0.4 is 0 Å². The summed E-state index contributed by atoms with van der Waals surface area (Å²) in [6.07, 6.45) is 1.00. The van der Waals surface area contributed by atoms with Crippen LogP contribution in [-0.2, 0) is 6.42 Å². The van der Waals surface area contributed by atoms with Gasteiger partial charge in [-0.05, 0) is 0 Å². The first-order valence-electron chi connectivity index (χ1n) is 13.6. The summed E-state index contributed by atoms with van der Waals surface area (Å²) in [5.41, 5.74) is 6.78. The first-order valence-corrected chi connectivity index (χ1v) is 15.3. The summed E-state index contributed by atoms with van der Waals surface area (Å²) >= 11 is 0.284. The SMILES string of the molecule is c1ccc2c(c1)[se]c1c2ccc2c1c1cccc3c4cccc5c4c4c(cccc4c4ccccc4n2c31)C5. The van der Waals surface area contributed by atoms with Gasteiger partial charge in [-0.2, -0.15) is 0 Å². The molecule has 0 unspecified atom stereocenters. The maximum absolute atomic E-state index is 2.58. The van der Waals surface area contributed by atoms with Crippen LogP contribution in [0.5, 0.6) is 0 Å². The van der Waals surface area contributed by atoms with Crippen molar-refractivity contribution in [3.8, 4) is 0 Å². The molecule has 0 atom stereocenters. The van der Waals surface area contributed by atoms with Crippen molar-refractivity contribution in [3.05, 3.63) is 126 Å². The molecule has 1 aliphatic rings. The molecule has 6 aromatic carbocycles. The van der Waals surface area contributed by atoms with Crippen LogP contribution in [0.1, 0.15) is 11.1 Å². The normalized spacial score (nSPS) is 13.0. The molecule has 2 heteroatoms. The van der Waals surface area contributed by atoms with E-state index in [1.807, 2.05) is 0 Å². The fourth-order valence-electron chi connectivity index (χ4n) is 7.44. The molecule has 9 aromatic rings. The van der Waals surface area contributed by atoms with Gasteiger partial charge >= 0.3 is 231 Å². The standard InChI is InChI=1S/C37H21NSe/c1-3-16-30-23(10-1)25-12-5-8-21-20-22-9-6-13-26(34(22)33(21)25)27-14-7-15-29-35-31(38(30)36(27)29)19-18-28-24-11-2-4-17-32(24)39-37(28)35/h1-19H,20H2. The number of rotatable bonds is 0. The Balaban J connectivity index is 1.64. The van der Waals surface area contributed by atoms with E-state index in [4.69, 9.17) is 0 Å². The summed E-state index contributed by atoms with van der Waals surface area (Å²) in [6, 6.07) is 43.6. The average Bonchev–Trinajstić information content (AvgIpc) is 3.66. The number of nitrogens with zero attached hydrogens (tertiary/aromatic N) is 1. The summed E-state index contributed by atoms with van der Waals surface area (Å²) in [7, 11) is 0. The number of benzene rings is 6. The van der Waals surface area contributed by atoms with Crippen molar-refractivity contribution >= 4 is 93.4 Å². The van der Waals surface area contributed by atoms with Gasteiger partial charge in [-0.3, -0.25) is 0 Å². The topological polar surface area (TPSA) is 4.41 Å². The maximum atomic E-state index is 2.58. The number of para-hydroxylation sites is 2. The van der Waals surface area contributed by atoms with E-state index in [0.29, 0.717) is 0 Å². The molecule has 1 nitrogen and oxygen atoms in total. The van der Waals surface area contributed by atoms with E-state index in [1.165, 1.54) is 90.1 Å². The van der Waals surface area contributed by atoms with Crippen molar-refractivity contribution in [1.82, 2.24) is 4.40 Å². The molecule has 0 aliphatic heterocycles. The van der Waals surface area contributed by atoms with Gasteiger partial charge in [0.05, 0.1) is 0 Å². The molecule has 39 heavy (non-hydrogen) atoms. The van der Waals surface area contributed by atoms with E-state index in [9.17, 15) is 0 Å². The van der Waals surface area contributed by atoms with Crippen LogP contribution in [0.2, 0.25) is 0 Å². The second-order valence-electron chi connectivity index (χ2n) is 10.8. The van der Waals surface area contributed by atoms with Crippen LogP contribution >= 0.6 is 0 Å². The molecule has 0 N–H and O–H groups in total. The molecule has 3 aromatic heterocycles. The second-order valence-corrected chi connectivity index (χ2v) is 13.1. The van der Waals surface area contributed by atoms with Gasteiger partial charge in [0.25, 0.3) is 0 Å². The minimum atomic E-state index is 0.284. The van der Waals surface area contributed by atoms with E-state index in [0.717, 1.165) is 6.42 Å². The van der Waals surface area contributed by atoms with Crippen molar-refractivity contribution in [2.75, 3.05) is 0 Å². The van der Waals surface area contributed by atoms with Gasteiger partial charge in [-0.15, -0.1) is 0 Å². The summed E-state index contributed by atoms with van der Waals surface area (Å²) in [6.45, 7) is 0. The summed E-state index contributed by atoms with van der Waals surface area (Å²) in [5, 5.41) is 13.8. The molecule has 0 bridgehead atoms. The third-order valence-electron chi connectivity index (χ3n) is 8.95. The Morgan fingerprint density at radius 1 is 0.436 bits per heavy atom. The second kappa shape index (κ2) is 7.18. The molecule has 1 aliphatic carbocycles. The van der Waals surface area contributed by atoms with Crippen LogP contribution in [0.25, 0.3) is 78.9 Å². The fraction of sp³-hybridized carbons (Fsp3) is 0.0270. The molecular formula is C37H21NSe. The van der Waals surface area contributed by atoms with Crippen molar-refractivity contribution in [3.63, 3.8) is 0 Å². The van der Waals surface area contributed by atoms with E-state index in [2.05, 4.69) is 120 Å². The van der Waals surface area contributed by atoms with Crippen molar-refractivity contribution in [2.24, 2.45) is 0 Å². The molecule has 0 saturated carbocycles. The first-order chi connectivity index (χ1) is 19.4. The van der Waals surface area contributed by atoms with Crippen molar-refractivity contribution in [2.45, 2.75) is 6.42 Å². The van der Waals surface area contributed by atoms with Gasteiger partial charge in [-0.25, -0.2) is 0 Å². The van der Waals surface area contributed by atoms with Crippen molar-refractivity contribution in [1.29, 1.82) is 0 Å². The molecule has 0 amide bonds. The number of hydrogen-bond acceptors (Lipinski definition) is 0. The van der Waals surface area contributed by atoms with Gasteiger partial charge < -0.3 is 0 Å². The van der Waals surface area contributed by atoms with Gasteiger partial charge in [-0.1, -0.05) is 0 Å². The Bertz CT molecular complexity index is 2580. The molecule has 10 rings (SSSR count). The Morgan fingerprint density at radius 2 is 1.08 bits per heavy atom. The predicted molar refractivity (Wildman–Crippen MR) is 168 cm³/mol. The third kappa shape index (κ3) is 2.48. The van der Waals surface area contributed by atoms with Gasteiger partial charge in [0.2, 0.25) is 0 Å². The molecule has 0 saturated heterocycles. The molecular weight excluding hydrogens is 537 g/mol. The number of fused-ring (bicyclic) bond motifs is 11. The van der Waals surface area contributed by atoms with Crippen LogP contribution in [0, 0.1) is 0 Å². The zero-order valence-corrected chi connectivity index (χ0v) is 22.7. The van der Waals surface area contributed by atoms with Crippen molar-refractivity contribution < 1.29 is 0 Å². The average molecular weight is 559 g/mol. The molecule has 3 heterocycles. The quantitative estimate of drug-likeness (QED) is 0.163. The molecule has 180 valence electrons. The van der Waals surface area contributed by atoms with E-state index in [-0.39, 0.29) is 14.5 Å². The summed E-state index contributed by atoms with van der Waals surface area (Å²) in [5.74, 6) is 0. The Morgan fingerprint density at radius 3 is 1.92 bits per heavy atom. The zero-order chi connectivity index (χ0) is 25.2. The third-order valence-corrected chi connectivity index (χ3v) is 11.5. The number of hydrogen-bond donors (Lipinski definition) is 0. The Hall–Kier alpha value is -4.36. The zero-order valence-electron chi connectivity index (χ0n) is 21.0. The minimum absolute atomic E-state index is 0.284. The Labute approximate surface area is 229 Å². The van der Waals surface area contributed by atoms with Crippen LogP contribution in [0.15, 0.2) is 115 Å². The van der Waals surface area contributed by atoms with Gasteiger partial charge in [0.1, 0.15) is 0 Å². The molecule has 0 fully saturated rings. The van der Waals surface area contributed by atoms with E-state index >= 15 is 0 Å². The molecule has 0 radical (unpaired) electrons. The van der Waals surface area contributed by atoms with Gasteiger partial charge in [0.15, 0.2) is 0 Å². The first kappa shape index (κ1) is 20.6. The fourth-order valence-corrected chi connectivity index (χ4v) is 10.1. The Kier molecular flexibility index (Phi) is 3.79. The van der Waals surface area contributed by atoms with Crippen LogP contribution in [-0.4, -0.2) is 18.9 Å². The van der Waals surface area contributed by atoms with E-state index < -0.39 is 0 Å². The summed E-state index contributed by atoms with van der Waals surface area (Å²) in [4.78, 5) is 0. The van der Waals surface area contributed by atoms with Crippen LogP contribution in [0.3, 0.4) is 0 Å². The molecule has 0 spiro atoms. The van der Waals surface area contributed by atoms with E-state index in [1.54, 1.807) is 0 Å².